The maximum Gasteiger partial charge on any atom is 0.339 e. The molecule has 0 aliphatic carbocycles. The van der Waals surface area contributed by atoms with Crippen LogP contribution in [0.15, 0.2) is 11.6 Å². The van der Waals surface area contributed by atoms with E-state index in [4.69, 9.17) is 5.11 Å². The topological polar surface area (TPSA) is 68.0 Å². The van der Waals surface area contributed by atoms with Crippen molar-refractivity contribution in [2.24, 2.45) is 0 Å². The summed E-state index contributed by atoms with van der Waals surface area (Å²) in [6.07, 6.45) is 2.46. The van der Waals surface area contributed by atoms with Crippen LogP contribution >= 0.6 is 11.3 Å². The number of thiazole rings is 1. The summed E-state index contributed by atoms with van der Waals surface area (Å²) in [6, 6.07) is 0. The van der Waals surface area contributed by atoms with Crippen molar-refractivity contribution in [1.82, 2.24) is 14.8 Å². The highest BCUT2D eigenvalue weighted by Gasteiger charge is 2.12. The number of carboxylic acids is 1. The average molecular weight is 251 g/mol. The van der Waals surface area contributed by atoms with Crippen LogP contribution in [0.5, 0.6) is 0 Å². The summed E-state index contributed by atoms with van der Waals surface area (Å²) in [6.45, 7) is 4.27. The van der Waals surface area contributed by atoms with Crippen molar-refractivity contribution in [2.45, 2.75) is 26.8 Å². The zero-order valence-corrected chi connectivity index (χ0v) is 10.5. The fourth-order valence-electron chi connectivity index (χ4n) is 1.56. The molecule has 0 spiro atoms. The molecular weight excluding hydrogens is 238 g/mol. The molecule has 0 saturated carbocycles. The fraction of sp³-hybridized carbons (Fsp3) is 0.364. The summed E-state index contributed by atoms with van der Waals surface area (Å²) in [5, 5.41) is 16.2. The SMILES string of the molecule is CCc1nc(Cn2cc(C(=O)O)c(C)n2)cs1. The molecule has 0 atom stereocenters. The smallest absolute Gasteiger partial charge is 0.339 e. The van der Waals surface area contributed by atoms with E-state index in [-0.39, 0.29) is 5.56 Å². The fourth-order valence-corrected chi connectivity index (χ4v) is 2.29. The van der Waals surface area contributed by atoms with Crippen LogP contribution in [0, 0.1) is 6.92 Å². The molecule has 0 amide bonds. The molecule has 0 bridgehead atoms. The van der Waals surface area contributed by atoms with E-state index in [9.17, 15) is 4.79 Å². The van der Waals surface area contributed by atoms with Crippen LogP contribution in [-0.4, -0.2) is 25.8 Å². The highest BCUT2D eigenvalue weighted by atomic mass is 32.1. The van der Waals surface area contributed by atoms with Crippen LogP contribution < -0.4 is 0 Å². The lowest BCUT2D eigenvalue weighted by atomic mass is 10.3. The number of hydrogen-bond acceptors (Lipinski definition) is 4. The Morgan fingerprint density at radius 2 is 2.35 bits per heavy atom. The zero-order valence-electron chi connectivity index (χ0n) is 9.67. The normalized spacial score (nSPS) is 10.7. The van der Waals surface area contributed by atoms with Crippen molar-refractivity contribution in [3.8, 4) is 0 Å². The van der Waals surface area contributed by atoms with Gasteiger partial charge in [-0.3, -0.25) is 4.68 Å². The van der Waals surface area contributed by atoms with Crippen LogP contribution in [0.25, 0.3) is 0 Å². The number of hydrogen-bond donors (Lipinski definition) is 1. The van der Waals surface area contributed by atoms with Gasteiger partial charge in [0.05, 0.1) is 22.9 Å². The van der Waals surface area contributed by atoms with Crippen LogP contribution in [0.4, 0.5) is 0 Å². The Balaban J connectivity index is 2.18. The maximum absolute atomic E-state index is 10.9. The molecule has 0 aliphatic heterocycles. The van der Waals surface area contributed by atoms with E-state index in [2.05, 4.69) is 17.0 Å². The summed E-state index contributed by atoms with van der Waals surface area (Å²) < 4.78 is 1.62. The lowest BCUT2D eigenvalue weighted by Crippen LogP contribution is -2.01. The first kappa shape index (κ1) is 11.8. The van der Waals surface area contributed by atoms with Gasteiger partial charge in [0, 0.05) is 11.6 Å². The second kappa shape index (κ2) is 4.67. The summed E-state index contributed by atoms with van der Waals surface area (Å²) >= 11 is 1.62. The molecule has 0 unspecified atom stereocenters. The molecule has 0 radical (unpaired) electrons. The van der Waals surface area contributed by atoms with Gasteiger partial charge in [-0.05, 0) is 13.3 Å². The van der Waals surface area contributed by atoms with Crippen LogP contribution in [0.3, 0.4) is 0 Å². The molecular formula is C11H13N3O2S. The van der Waals surface area contributed by atoms with E-state index in [1.54, 1.807) is 29.1 Å². The van der Waals surface area contributed by atoms with Gasteiger partial charge in [-0.1, -0.05) is 6.92 Å². The molecule has 0 fully saturated rings. The Bertz CT molecular complexity index is 545. The third-order valence-corrected chi connectivity index (χ3v) is 3.44. The highest BCUT2D eigenvalue weighted by Crippen LogP contribution is 2.12. The number of aromatic nitrogens is 3. The number of carbonyl (C=O) groups is 1. The van der Waals surface area contributed by atoms with E-state index in [0.717, 1.165) is 17.1 Å². The third kappa shape index (κ3) is 2.52. The Morgan fingerprint density at radius 1 is 1.59 bits per heavy atom. The molecule has 2 aromatic rings. The molecule has 0 aliphatic rings. The Morgan fingerprint density at radius 3 is 2.88 bits per heavy atom. The molecule has 5 nitrogen and oxygen atoms in total. The van der Waals surface area contributed by atoms with Gasteiger partial charge in [0.1, 0.15) is 5.56 Å². The van der Waals surface area contributed by atoms with Gasteiger partial charge in [0.25, 0.3) is 0 Å². The molecule has 2 heterocycles. The second-order valence-electron chi connectivity index (χ2n) is 3.72. The van der Waals surface area contributed by atoms with Crippen molar-refractivity contribution < 1.29 is 9.90 Å². The van der Waals surface area contributed by atoms with E-state index in [1.807, 2.05) is 5.38 Å². The van der Waals surface area contributed by atoms with E-state index in [0.29, 0.717) is 12.2 Å². The molecule has 2 rings (SSSR count). The minimum Gasteiger partial charge on any atom is -0.478 e. The van der Waals surface area contributed by atoms with Crippen molar-refractivity contribution >= 4 is 17.3 Å². The standard InChI is InChI=1S/C11H13N3O2S/c1-3-10-12-8(6-17-10)4-14-5-9(11(15)16)7(2)13-14/h5-6H,3-4H2,1-2H3,(H,15,16). The molecule has 0 saturated heterocycles. The quantitative estimate of drug-likeness (QED) is 0.901. The molecule has 1 N–H and O–H groups in total. The van der Waals surface area contributed by atoms with Gasteiger partial charge in [0.2, 0.25) is 0 Å². The molecule has 2 aromatic heterocycles. The molecule has 17 heavy (non-hydrogen) atoms. The van der Waals surface area contributed by atoms with E-state index in [1.165, 1.54) is 0 Å². The van der Waals surface area contributed by atoms with Crippen molar-refractivity contribution in [1.29, 1.82) is 0 Å². The maximum atomic E-state index is 10.9. The number of aromatic carboxylic acids is 1. The second-order valence-corrected chi connectivity index (χ2v) is 4.66. The predicted molar refractivity (Wildman–Crippen MR) is 64.5 cm³/mol. The Labute approximate surface area is 103 Å². The number of carboxylic acid groups (broad SMARTS) is 1. The monoisotopic (exact) mass is 251 g/mol. The molecule has 90 valence electrons. The summed E-state index contributed by atoms with van der Waals surface area (Å²) in [5.41, 5.74) is 1.70. The first-order chi connectivity index (χ1) is 8.10. The summed E-state index contributed by atoms with van der Waals surface area (Å²) in [5.74, 6) is -0.943. The van der Waals surface area contributed by atoms with Crippen molar-refractivity contribution in [3.63, 3.8) is 0 Å². The molecule has 0 aromatic carbocycles. The van der Waals surface area contributed by atoms with Gasteiger partial charge in [-0.2, -0.15) is 5.10 Å². The summed E-state index contributed by atoms with van der Waals surface area (Å²) in [4.78, 5) is 15.3. The van der Waals surface area contributed by atoms with Gasteiger partial charge in [-0.15, -0.1) is 11.3 Å². The number of aryl methyl sites for hydroxylation is 2. The third-order valence-electron chi connectivity index (χ3n) is 2.40. The van der Waals surface area contributed by atoms with Gasteiger partial charge < -0.3 is 5.11 Å². The predicted octanol–water partition coefficient (Wildman–Crippen LogP) is 1.96. The largest absolute Gasteiger partial charge is 0.478 e. The number of nitrogens with zero attached hydrogens (tertiary/aromatic N) is 3. The van der Waals surface area contributed by atoms with E-state index < -0.39 is 5.97 Å². The Kier molecular flexibility index (Phi) is 3.23. The first-order valence-electron chi connectivity index (χ1n) is 5.30. The van der Waals surface area contributed by atoms with Crippen molar-refractivity contribution in [3.05, 3.63) is 33.5 Å². The van der Waals surface area contributed by atoms with Crippen molar-refractivity contribution in [2.75, 3.05) is 0 Å². The first-order valence-corrected chi connectivity index (χ1v) is 6.18. The lowest BCUT2D eigenvalue weighted by molar-refractivity contribution is 0.0696. The van der Waals surface area contributed by atoms with Crippen LogP contribution in [-0.2, 0) is 13.0 Å². The minimum atomic E-state index is -0.943. The highest BCUT2D eigenvalue weighted by molar-refractivity contribution is 7.09. The van der Waals surface area contributed by atoms with Gasteiger partial charge in [0.15, 0.2) is 0 Å². The van der Waals surface area contributed by atoms with Crippen LogP contribution in [0.1, 0.15) is 33.7 Å². The summed E-state index contributed by atoms with van der Waals surface area (Å²) in [7, 11) is 0. The van der Waals surface area contributed by atoms with Crippen LogP contribution in [0.2, 0.25) is 0 Å². The zero-order chi connectivity index (χ0) is 12.4. The minimum absolute atomic E-state index is 0.246. The Hall–Kier alpha value is -1.69. The average Bonchev–Trinajstić information content (AvgIpc) is 2.85. The van der Waals surface area contributed by atoms with E-state index >= 15 is 0 Å². The van der Waals surface area contributed by atoms with Gasteiger partial charge in [-0.25, -0.2) is 9.78 Å². The lowest BCUT2D eigenvalue weighted by Gasteiger charge is -1.96. The van der Waals surface area contributed by atoms with Gasteiger partial charge >= 0.3 is 5.97 Å². The number of rotatable bonds is 4. The molecule has 6 heteroatoms.